The Morgan fingerprint density at radius 2 is 1.84 bits per heavy atom. The van der Waals surface area contributed by atoms with Crippen molar-refractivity contribution in [2.75, 3.05) is 5.73 Å². The number of nitriles is 1. The van der Waals surface area contributed by atoms with Crippen LogP contribution in [-0.4, -0.2) is 0 Å². The van der Waals surface area contributed by atoms with Gasteiger partial charge in [0.15, 0.2) is 0 Å². The van der Waals surface area contributed by atoms with Crippen LogP contribution in [0.4, 0.5) is 5.69 Å². The monoisotopic (exact) mass is 380 g/mol. The molecule has 0 atom stereocenters. The van der Waals surface area contributed by atoms with E-state index >= 15 is 0 Å². The fourth-order valence-electron chi connectivity index (χ4n) is 1.60. The SMILES string of the molecule is N#Cc1cccc(COc2c(Br)cc(N)cc2Br)c1. The molecular formula is C14H10Br2N2O. The number of nitrogen functional groups attached to an aromatic ring is 1. The fourth-order valence-corrected chi connectivity index (χ4v) is 3.05. The highest BCUT2D eigenvalue weighted by Gasteiger charge is 2.08. The zero-order valence-electron chi connectivity index (χ0n) is 9.86. The van der Waals surface area contributed by atoms with E-state index in [1.54, 1.807) is 24.3 Å². The van der Waals surface area contributed by atoms with Gasteiger partial charge in [-0.3, -0.25) is 0 Å². The second-order valence-corrected chi connectivity index (χ2v) is 5.62. The van der Waals surface area contributed by atoms with Crippen LogP contribution < -0.4 is 10.5 Å². The van der Waals surface area contributed by atoms with Gasteiger partial charge in [0.05, 0.1) is 20.6 Å². The average molecular weight is 382 g/mol. The molecule has 0 saturated heterocycles. The molecule has 0 fully saturated rings. The summed E-state index contributed by atoms with van der Waals surface area (Å²) in [6, 6.07) is 13.0. The summed E-state index contributed by atoms with van der Waals surface area (Å²) in [7, 11) is 0. The zero-order chi connectivity index (χ0) is 13.8. The largest absolute Gasteiger partial charge is 0.487 e. The summed E-state index contributed by atoms with van der Waals surface area (Å²) >= 11 is 6.82. The summed E-state index contributed by atoms with van der Waals surface area (Å²) in [5.74, 6) is 0.691. The second-order valence-electron chi connectivity index (χ2n) is 3.91. The molecule has 96 valence electrons. The number of anilines is 1. The third-order valence-electron chi connectivity index (χ3n) is 2.46. The van der Waals surface area contributed by atoms with E-state index in [1.807, 2.05) is 12.1 Å². The Kier molecular flexibility index (Phi) is 4.46. The van der Waals surface area contributed by atoms with Crippen LogP contribution in [0.2, 0.25) is 0 Å². The highest BCUT2D eigenvalue weighted by atomic mass is 79.9. The minimum absolute atomic E-state index is 0.386. The van der Waals surface area contributed by atoms with Crippen LogP contribution >= 0.6 is 31.9 Å². The Morgan fingerprint density at radius 3 is 2.47 bits per heavy atom. The van der Waals surface area contributed by atoms with Crippen LogP contribution in [0.5, 0.6) is 5.75 Å². The maximum Gasteiger partial charge on any atom is 0.148 e. The molecule has 0 aromatic heterocycles. The Bertz CT molecular complexity index is 627. The lowest BCUT2D eigenvalue weighted by Crippen LogP contribution is -1.98. The first-order valence-corrected chi connectivity index (χ1v) is 7.05. The molecular weight excluding hydrogens is 372 g/mol. The van der Waals surface area contributed by atoms with E-state index in [4.69, 9.17) is 15.7 Å². The number of benzene rings is 2. The maximum atomic E-state index is 8.85. The molecule has 3 nitrogen and oxygen atoms in total. The molecule has 0 aliphatic carbocycles. The molecule has 0 spiro atoms. The number of rotatable bonds is 3. The lowest BCUT2D eigenvalue weighted by molar-refractivity contribution is 0.302. The van der Waals surface area contributed by atoms with Crippen LogP contribution in [0.15, 0.2) is 45.3 Å². The van der Waals surface area contributed by atoms with Crippen molar-refractivity contribution in [3.05, 3.63) is 56.5 Å². The van der Waals surface area contributed by atoms with E-state index < -0.39 is 0 Å². The molecule has 5 heteroatoms. The van der Waals surface area contributed by atoms with Gasteiger partial charge in [0.25, 0.3) is 0 Å². The number of halogens is 2. The highest BCUT2D eigenvalue weighted by molar-refractivity contribution is 9.11. The van der Waals surface area contributed by atoms with E-state index in [0.717, 1.165) is 14.5 Å². The van der Waals surface area contributed by atoms with E-state index in [9.17, 15) is 0 Å². The second kappa shape index (κ2) is 6.09. The smallest absolute Gasteiger partial charge is 0.148 e. The van der Waals surface area contributed by atoms with Crippen molar-refractivity contribution in [2.45, 2.75) is 6.61 Å². The van der Waals surface area contributed by atoms with Gasteiger partial charge in [0.2, 0.25) is 0 Å². The summed E-state index contributed by atoms with van der Waals surface area (Å²) in [4.78, 5) is 0. The van der Waals surface area contributed by atoms with Gasteiger partial charge in [-0.2, -0.15) is 5.26 Å². The molecule has 0 saturated carbocycles. The Morgan fingerprint density at radius 1 is 1.16 bits per heavy atom. The van der Waals surface area contributed by atoms with Crippen molar-refractivity contribution in [3.8, 4) is 11.8 Å². The standard InChI is InChI=1S/C14H10Br2N2O/c15-12-5-11(18)6-13(16)14(12)19-8-10-3-1-2-9(4-10)7-17/h1-6H,8,18H2. The molecule has 0 aliphatic rings. The molecule has 2 N–H and O–H groups in total. The Hall–Kier alpha value is -1.51. The van der Waals surface area contributed by atoms with Crippen LogP contribution in [0.25, 0.3) is 0 Å². The van der Waals surface area contributed by atoms with Crippen molar-refractivity contribution < 1.29 is 4.74 Å². The number of hydrogen-bond acceptors (Lipinski definition) is 3. The first-order chi connectivity index (χ1) is 9.10. The molecule has 0 aliphatic heterocycles. The summed E-state index contributed by atoms with van der Waals surface area (Å²) in [6.07, 6.45) is 0. The summed E-state index contributed by atoms with van der Waals surface area (Å²) < 4.78 is 7.32. The Labute approximate surface area is 128 Å². The normalized spacial score (nSPS) is 9.95. The number of ether oxygens (including phenoxy) is 1. The van der Waals surface area contributed by atoms with Crippen molar-refractivity contribution in [3.63, 3.8) is 0 Å². The molecule has 0 bridgehead atoms. The molecule has 19 heavy (non-hydrogen) atoms. The van der Waals surface area contributed by atoms with E-state index in [0.29, 0.717) is 23.6 Å². The fraction of sp³-hybridized carbons (Fsp3) is 0.0714. The van der Waals surface area contributed by atoms with Crippen molar-refractivity contribution in [1.82, 2.24) is 0 Å². The summed E-state index contributed by atoms with van der Waals surface area (Å²) in [5.41, 5.74) is 7.93. The van der Waals surface area contributed by atoms with E-state index in [1.165, 1.54) is 0 Å². The number of nitrogens with zero attached hydrogens (tertiary/aromatic N) is 1. The molecule has 0 unspecified atom stereocenters. The van der Waals surface area contributed by atoms with Gasteiger partial charge in [-0.05, 0) is 61.7 Å². The molecule has 2 aromatic carbocycles. The van der Waals surface area contributed by atoms with Gasteiger partial charge >= 0.3 is 0 Å². The van der Waals surface area contributed by atoms with Crippen LogP contribution in [0, 0.1) is 11.3 Å². The van der Waals surface area contributed by atoms with Gasteiger partial charge in [-0.1, -0.05) is 12.1 Å². The van der Waals surface area contributed by atoms with Crippen LogP contribution in [0.3, 0.4) is 0 Å². The quantitative estimate of drug-likeness (QED) is 0.808. The third kappa shape index (κ3) is 3.49. The van der Waals surface area contributed by atoms with Crippen molar-refractivity contribution >= 4 is 37.5 Å². The Balaban J connectivity index is 2.17. The number of nitrogens with two attached hydrogens (primary N) is 1. The lowest BCUT2D eigenvalue weighted by Gasteiger charge is -2.11. The summed E-state index contributed by atoms with van der Waals surface area (Å²) in [6.45, 7) is 0.386. The maximum absolute atomic E-state index is 8.85. The van der Waals surface area contributed by atoms with Crippen molar-refractivity contribution in [2.24, 2.45) is 0 Å². The molecule has 0 radical (unpaired) electrons. The first kappa shape index (κ1) is 13.9. The predicted molar refractivity (Wildman–Crippen MR) is 81.7 cm³/mol. The van der Waals surface area contributed by atoms with Gasteiger partial charge in [-0.15, -0.1) is 0 Å². The third-order valence-corrected chi connectivity index (χ3v) is 3.64. The van der Waals surface area contributed by atoms with Crippen LogP contribution in [0.1, 0.15) is 11.1 Å². The topological polar surface area (TPSA) is 59.0 Å². The number of hydrogen-bond donors (Lipinski definition) is 1. The molecule has 0 heterocycles. The molecule has 2 aromatic rings. The van der Waals surface area contributed by atoms with Gasteiger partial charge < -0.3 is 10.5 Å². The highest BCUT2D eigenvalue weighted by Crippen LogP contribution is 2.36. The van der Waals surface area contributed by atoms with E-state index in [2.05, 4.69) is 37.9 Å². The molecule has 0 amide bonds. The average Bonchev–Trinajstić information content (AvgIpc) is 2.37. The first-order valence-electron chi connectivity index (χ1n) is 5.46. The minimum Gasteiger partial charge on any atom is -0.487 e. The zero-order valence-corrected chi connectivity index (χ0v) is 13.0. The van der Waals surface area contributed by atoms with Gasteiger partial charge in [-0.25, -0.2) is 0 Å². The van der Waals surface area contributed by atoms with Crippen LogP contribution in [-0.2, 0) is 6.61 Å². The summed E-state index contributed by atoms with van der Waals surface area (Å²) in [5, 5.41) is 8.85. The minimum atomic E-state index is 0.386. The lowest BCUT2D eigenvalue weighted by atomic mass is 10.1. The van der Waals surface area contributed by atoms with E-state index in [-0.39, 0.29) is 0 Å². The molecule has 2 rings (SSSR count). The van der Waals surface area contributed by atoms with Gasteiger partial charge in [0, 0.05) is 5.69 Å². The van der Waals surface area contributed by atoms with Crippen molar-refractivity contribution in [1.29, 1.82) is 5.26 Å². The van der Waals surface area contributed by atoms with Gasteiger partial charge in [0.1, 0.15) is 12.4 Å². The predicted octanol–water partition coefficient (Wildman–Crippen LogP) is 4.24.